The minimum absolute atomic E-state index is 0.367. The molecule has 0 aromatic carbocycles. The molecule has 120 valence electrons. The lowest BCUT2D eigenvalue weighted by atomic mass is 9.82. The SMILES string of the molecule is O=C(O)C(CC1CCCCC1)C(=O)NCCc1ccccn1. The van der Waals surface area contributed by atoms with Crippen molar-refractivity contribution in [1.29, 1.82) is 0 Å². The highest BCUT2D eigenvalue weighted by molar-refractivity contribution is 5.96. The monoisotopic (exact) mass is 304 g/mol. The maximum Gasteiger partial charge on any atom is 0.316 e. The number of hydrogen-bond donors (Lipinski definition) is 2. The average molecular weight is 304 g/mol. The summed E-state index contributed by atoms with van der Waals surface area (Å²) in [5.74, 6) is -1.93. The van der Waals surface area contributed by atoms with Gasteiger partial charge in [0.2, 0.25) is 5.91 Å². The molecule has 1 fully saturated rings. The van der Waals surface area contributed by atoms with E-state index in [9.17, 15) is 14.7 Å². The van der Waals surface area contributed by atoms with Gasteiger partial charge in [-0.1, -0.05) is 38.2 Å². The molecule has 1 unspecified atom stereocenters. The van der Waals surface area contributed by atoms with Crippen LogP contribution in [-0.2, 0) is 16.0 Å². The van der Waals surface area contributed by atoms with Crippen LogP contribution >= 0.6 is 0 Å². The molecule has 1 aromatic rings. The van der Waals surface area contributed by atoms with Crippen LogP contribution in [0.4, 0.5) is 0 Å². The maximum absolute atomic E-state index is 12.1. The van der Waals surface area contributed by atoms with Crippen LogP contribution in [0, 0.1) is 11.8 Å². The third-order valence-electron chi connectivity index (χ3n) is 4.31. The number of amides is 1. The number of pyridine rings is 1. The Morgan fingerprint density at radius 2 is 2.05 bits per heavy atom. The zero-order valence-electron chi connectivity index (χ0n) is 12.8. The van der Waals surface area contributed by atoms with Crippen LogP contribution in [0.1, 0.15) is 44.2 Å². The second-order valence-corrected chi connectivity index (χ2v) is 5.99. The predicted molar refractivity (Wildman–Crippen MR) is 83.3 cm³/mol. The van der Waals surface area contributed by atoms with Crippen LogP contribution in [0.3, 0.4) is 0 Å². The fourth-order valence-electron chi connectivity index (χ4n) is 3.06. The molecule has 1 aliphatic rings. The number of nitrogens with zero attached hydrogens (tertiary/aromatic N) is 1. The first kappa shape index (κ1) is 16.5. The van der Waals surface area contributed by atoms with Crippen molar-refractivity contribution < 1.29 is 14.7 Å². The van der Waals surface area contributed by atoms with Crippen molar-refractivity contribution in [2.24, 2.45) is 11.8 Å². The molecule has 0 saturated heterocycles. The van der Waals surface area contributed by atoms with Crippen molar-refractivity contribution in [2.75, 3.05) is 6.54 Å². The summed E-state index contributed by atoms with van der Waals surface area (Å²) in [6.45, 7) is 0.421. The Balaban J connectivity index is 1.80. The normalized spacial score (nSPS) is 16.9. The highest BCUT2D eigenvalue weighted by Crippen LogP contribution is 2.29. The highest BCUT2D eigenvalue weighted by Gasteiger charge is 2.29. The Morgan fingerprint density at radius 3 is 2.68 bits per heavy atom. The van der Waals surface area contributed by atoms with E-state index >= 15 is 0 Å². The van der Waals surface area contributed by atoms with Crippen molar-refractivity contribution in [1.82, 2.24) is 10.3 Å². The van der Waals surface area contributed by atoms with Gasteiger partial charge in [-0.25, -0.2) is 0 Å². The minimum atomic E-state index is -1.01. The van der Waals surface area contributed by atoms with E-state index in [2.05, 4.69) is 10.3 Å². The summed E-state index contributed by atoms with van der Waals surface area (Å²) < 4.78 is 0. The van der Waals surface area contributed by atoms with Crippen LogP contribution in [0.2, 0.25) is 0 Å². The second-order valence-electron chi connectivity index (χ2n) is 5.99. The molecule has 2 N–H and O–H groups in total. The molecule has 0 aliphatic heterocycles. The number of hydrogen-bond acceptors (Lipinski definition) is 3. The standard InChI is InChI=1S/C17H24N2O3/c20-16(19-11-9-14-8-4-5-10-18-14)15(17(21)22)12-13-6-2-1-3-7-13/h4-5,8,10,13,15H,1-3,6-7,9,11-12H2,(H,19,20)(H,21,22). The van der Waals surface area contributed by atoms with Gasteiger partial charge in [0.05, 0.1) is 0 Å². The molecule has 5 nitrogen and oxygen atoms in total. The molecule has 2 rings (SSSR count). The smallest absolute Gasteiger partial charge is 0.316 e. The maximum atomic E-state index is 12.1. The summed E-state index contributed by atoms with van der Waals surface area (Å²) in [4.78, 5) is 27.7. The molecule has 1 amide bonds. The average Bonchev–Trinajstić information content (AvgIpc) is 2.54. The Kier molecular flexibility index (Phi) is 6.37. The van der Waals surface area contributed by atoms with Crippen molar-refractivity contribution in [2.45, 2.75) is 44.9 Å². The van der Waals surface area contributed by atoms with Crippen LogP contribution in [0.25, 0.3) is 0 Å². The fourth-order valence-corrected chi connectivity index (χ4v) is 3.06. The van der Waals surface area contributed by atoms with Gasteiger partial charge in [0.25, 0.3) is 0 Å². The molecular formula is C17H24N2O3. The number of rotatable bonds is 7. The van der Waals surface area contributed by atoms with Crippen molar-refractivity contribution in [3.05, 3.63) is 30.1 Å². The molecule has 0 radical (unpaired) electrons. The lowest BCUT2D eigenvalue weighted by Gasteiger charge is -2.24. The number of aliphatic carboxylic acids is 1. The number of carboxylic acid groups (broad SMARTS) is 1. The number of nitrogens with one attached hydrogen (secondary N) is 1. The van der Waals surface area contributed by atoms with Gasteiger partial charge in [-0.15, -0.1) is 0 Å². The van der Waals surface area contributed by atoms with Gasteiger partial charge in [-0.05, 0) is 24.5 Å². The number of carbonyl (C=O) groups is 2. The van der Waals surface area contributed by atoms with E-state index in [0.29, 0.717) is 25.3 Å². The summed E-state index contributed by atoms with van der Waals surface area (Å²) in [6, 6.07) is 5.63. The summed E-state index contributed by atoms with van der Waals surface area (Å²) in [5.41, 5.74) is 0.891. The molecule has 5 heteroatoms. The molecule has 1 saturated carbocycles. The fraction of sp³-hybridized carbons (Fsp3) is 0.588. The predicted octanol–water partition coefficient (Wildman–Crippen LogP) is 2.41. The lowest BCUT2D eigenvalue weighted by Crippen LogP contribution is -2.37. The highest BCUT2D eigenvalue weighted by atomic mass is 16.4. The van der Waals surface area contributed by atoms with Gasteiger partial charge in [-0.2, -0.15) is 0 Å². The molecular weight excluding hydrogens is 280 g/mol. The number of carbonyl (C=O) groups excluding carboxylic acids is 1. The van der Waals surface area contributed by atoms with Crippen LogP contribution in [0.5, 0.6) is 0 Å². The number of carboxylic acids is 1. The lowest BCUT2D eigenvalue weighted by molar-refractivity contribution is -0.147. The van der Waals surface area contributed by atoms with Crippen LogP contribution in [0.15, 0.2) is 24.4 Å². The first-order valence-corrected chi connectivity index (χ1v) is 8.07. The molecule has 1 aromatic heterocycles. The Labute approximate surface area is 131 Å². The van der Waals surface area contributed by atoms with Crippen molar-refractivity contribution in [3.8, 4) is 0 Å². The van der Waals surface area contributed by atoms with Crippen molar-refractivity contribution >= 4 is 11.9 Å². The minimum Gasteiger partial charge on any atom is -0.481 e. The largest absolute Gasteiger partial charge is 0.481 e. The summed E-state index contributed by atoms with van der Waals surface area (Å²) in [7, 11) is 0. The molecule has 1 aliphatic carbocycles. The Bertz CT molecular complexity index is 484. The van der Waals surface area contributed by atoms with E-state index in [0.717, 1.165) is 31.4 Å². The zero-order chi connectivity index (χ0) is 15.8. The topological polar surface area (TPSA) is 79.3 Å². The van der Waals surface area contributed by atoms with Gasteiger partial charge in [0.1, 0.15) is 5.92 Å². The Hall–Kier alpha value is -1.91. The van der Waals surface area contributed by atoms with Crippen LogP contribution in [-0.4, -0.2) is 28.5 Å². The van der Waals surface area contributed by atoms with Gasteiger partial charge in [0.15, 0.2) is 0 Å². The van der Waals surface area contributed by atoms with Crippen molar-refractivity contribution in [3.63, 3.8) is 0 Å². The first-order chi connectivity index (χ1) is 10.7. The van der Waals surface area contributed by atoms with Crippen LogP contribution < -0.4 is 5.32 Å². The van der Waals surface area contributed by atoms with Gasteiger partial charge < -0.3 is 10.4 Å². The molecule has 0 bridgehead atoms. The molecule has 1 heterocycles. The summed E-state index contributed by atoms with van der Waals surface area (Å²) in [5, 5.41) is 12.1. The second kappa shape index (κ2) is 8.51. The third kappa shape index (κ3) is 5.13. The van der Waals surface area contributed by atoms with E-state index in [1.165, 1.54) is 6.42 Å². The zero-order valence-corrected chi connectivity index (χ0v) is 12.8. The van der Waals surface area contributed by atoms with E-state index in [1.807, 2.05) is 18.2 Å². The number of aromatic nitrogens is 1. The van der Waals surface area contributed by atoms with E-state index in [-0.39, 0.29) is 5.91 Å². The molecule has 0 spiro atoms. The van der Waals surface area contributed by atoms with E-state index in [1.54, 1.807) is 6.20 Å². The van der Waals surface area contributed by atoms with Gasteiger partial charge >= 0.3 is 5.97 Å². The third-order valence-corrected chi connectivity index (χ3v) is 4.31. The first-order valence-electron chi connectivity index (χ1n) is 8.07. The molecule has 22 heavy (non-hydrogen) atoms. The van der Waals surface area contributed by atoms with Gasteiger partial charge in [-0.3, -0.25) is 14.6 Å². The Morgan fingerprint density at radius 1 is 1.27 bits per heavy atom. The summed E-state index contributed by atoms with van der Waals surface area (Å²) in [6.07, 6.45) is 8.41. The van der Waals surface area contributed by atoms with E-state index < -0.39 is 11.9 Å². The van der Waals surface area contributed by atoms with Gasteiger partial charge in [0, 0.05) is 24.9 Å². The van der Waals surface area contributed by atoms with E-state index in [4.69, 9.17) is 0 Å². The molecule has 1 atom stereocenters. The summed E-state index contributed by atoms with van der Waals surface area (Å²) >= 11 is 0. The quantitative estimate of drug-likeness (QED) is 0.758.